The Hall–Kier alpha value is -1.07. The fourth-order valence-electron chi connectivity index (χ4n) is 1.83. The molecule has 0 saturated carbocycles. The van der Waals surface area contributed by atoms with E-state index in [9.17, 15) is 8.42 Å². The summed E-state index contributed by atoms with van der Waals surface area (Å²) in [5.74, 6) is 0. The van der Waals surface area contributed by atoms with Crippen molar-refractivity contribution in [2.45, 2.75) is 30.7 Å². The lowest BCUT2D eigenvalue weighted by molar-refractivity contribution is 0.598. The van der Waals surface area contributed by atoms with Gasteiger partial charge in [-0.3, -0.25) is 0 Å². The van der Waals surface area contributed by atoms with Gasteiger partial charge in [-0.25, -0.2) is 13.6 Å². The van der Waals surface area contributed by atoms with Gasteiger partial charge in [0.1, 0.15) is 0 Å². The van der Waals surface area contributed by atoms with Crippen LogP contribution in [0.5, 0.6) is 0 Å². The number of primary sulfonamides is 1. The molecule has 0 fully saturated rings. The van der Waals surface area contributed by atoms with Crippen LogP contribution >= 0.6 is 0 Å². The summed E-state index contributed by atoms with van der Waals surface area (Å²) in [5.41, 5.74) is 2.06. The summed E-state index contributed by atoms with van der Waals surface area (Å²) in [4.78, 5) is 0.172. The van der Waals surface area contributed by atoms with Crippen LogP contribution in [0.15, 0.2) is 23.1 Å². The standard InChI is InChI=1S/C10H14N2O2S/c1-2-8-5-7-3-4-9(15(11,13)14)6-10(7)12-8/h3-4,6,8,12H,2,5H2,1H3,(H2,11,13,14). The van der Waals surface area contributed by atoms with Gasteiger partial charge < -0.3 is 5.32 Å². The third kappa shape index (κ3) is 1.98. The molecule has 0 radical (unpaired) electrons. The molecule has 0 aliphatic carbocycles. The van der Waals surface area contributed by atoms with Crippen molar-refractivity contribution in [2.24, 2.45) is 5.14 Å². The van der Waals surface area contributed by atoms with Gasteiger partial charge in [0.15, 0.2) is 0 Å². The molecule has 2 rings (SSSR count). The molecule has 0 amide bonds. The Kier molecular flexibility index (Phi) is 2.44. The summed E-state index contributed by atoms with van der Waals surface area (Å²) >= 11 is 0. The molecule has 1 heterocycles. The van der Waals surface area contributed by atoms with Gasteiger partial charge in [0, 0.05) is 11.7 Å². The van der Waals surface area contributed by atoms with Crippen molar-refractivity contribution in [3.63, 3.8) is 0 Å². The van der Waals surface area contributed by atoms with E-state index < -0.39 is 10.0 Å². The van der Waals surface area contributed by atoms with Gasteiger partial charge in [0.2, 0.25) is 10.0 Å². The van der Waals surface area contributed by atoms with E-state index in [0.717, 1.165) is 24.1 Å². The second-order valence-corrected chi connectivity index (χ2v) is 5.38. The first-order chi connectivity index (χ1) is 7.00. The monoisotopic (exact) mass is 226 g/mol. The van der Waals surface area contributed by atoms with E-state index in [1.807, 2.05) is 6.07 Å². The summed E-state index contributed by atoms with van der Waals surface area (Å²) in [7, 11) is -3.59. The summed E-state index contributed by atoms with van der Waals surface area (Å²) in [6, 6.07) is 5.42. The van der Waals surface area contributed by atoms with Crippen molar-refractivity contribution in [3.05, 3.63) is 23.8 Å². The zero-order valence-electron chi connectivity index (χ0n) is 8.53. The minimum Gasteiger partial charge on any atom is -0.382 e. The van der Waals surface area contributed by atoms with Crippen molar-refractivity contribution < 1.29 is 8.42 Å². The van der Waals surface area contributed by atoms with Gasteiger partial charge in [0.25, 0.3) is 0 Å². The van der Waals surface area contributed by atoms with Crippen LogP contribution in [0, 0.1) is 0 Å². The van der Waals surface area contributed by atoms with Gasteiger partial charge in [-0.15, -0.1) is 0 Å². The zero-order valence-corrected chi connectivity index (χ0v) is 9.34. The Balaban J connectivity index is 2.39. The molecule has 1 aromatic rings. The fourth-order valence-corrected chi connectivity index (χ4v) is 2.37. The molecule has 0 aromatic heterocycles. The molecule has 1 unspecified atom stereocenters. The molecule has 82 valence electrons. The Morgan fingerprint density at radius 3 is 2.87 bits per heavy atom. The number of nitrogens with two attached hydrogens (primary N) is 1. The van der Waals surface area contributed by atoms with Crippen LogP contribution < -0.4 is 10.5 Å². The molecule has 0 spiro atoms. The predicted molar refractivity (Wildman–Crippen MR) is 59.2 cm³/mol. The Morgan fingerprint density at radius 1 is 1.53 bits per heavy atom. The normalized spacial score (nSPS) is 19.7. The Morgan fingerprint density at radius 2 is 2.27 bits per heavy atom. The highest BCUT2D eigenvalue weighted by Crippen LogP contribution is 2.28. The van der Waals surface area contributed by atoms with E-state index in [0.29, 0.717) is 6.04 Å². The maximum absolute atomic E-state index is 11.1. The van der Waals surface area contributed by atoms with Crippen LogP contribution in [0.3, 0.4) is 0 Å². The molecule has 3 N–H and O–H groups in total. The SMILES string of the molecule is CCC1Cc2ccc(S(N)(=O)=O)cc2N1. The van der Waals surface area contributed by atoms with Gasteiger partial charge in [-0.05, 0) is 30.5 Å². The van der Waals surface area contributed by atoms with Crippen LogP contribution in [-0.2, 0) is 16.4 Å². The number of anilines is 1. The average molecular weight is 226 g/mol. The molecule has 5 heteroatoms. The molecule has 1 aliphatic heterocycles. The van der Waals surface area contributed by atoms with Crippen molar-refractivity contribution in [2.75, 3.05) is 5.32 Å². The smallest absolute Gasteiger partial charge is 0.238 e. The first kappa shape index (κ1) is 10.4. The molecule has 4 nitrogen and oxygen atoms in total. The Labute approximate surface area is 89.5 Å². The third-order valence-electron chi connectivity index (χ3n) is 2.73. The van der Waals surface area contributed by atoms with Crippen LogP contribution in [0.2, 0.25) is 0 Å². The van der Waals surface area contributed by atoms with Gasteiger partial charge >= 0.3 is 0 Å². The lowest BCUT2D eigenvalue weighted by Gasteiger charge is -2.06. The minimum atomic E-state index is -3.59. The molecule has 1 aromatic carbocycles. The molecule has 1 aliphatic rings. The number of nitrogens with one attached hydrogen (secondary N) is 1. The molecule has 1 atom stereocenters. The van der Waals surface area contributed by atoms with Crippen LogP contribution in [0.4, 0.5) is 5.69 Å². The highest BCUT2D eigenvalue weighted by Gasteiger charge is 2.20. The van der Waals surface area contributed by atoms with Crippen molar-refractivity contribution in [1.29, 1.82) is 0 Å². The van der Waals surface area contributed by atoms with Crippen LogP contribution in [0.1, 0.15) is 18.9 Å². The third-order valence-corrected chi connectivity index (χ3v) is 3.64. The van der Waals surface area contributed by atoms with E-state index in [1.165, 1.54) is 0 Å². The van der Waals surface area contributed by atoms with E-state index in [-0.39, 0.29) is 4.90 Å². The Bertz CT molecular complexity index is 482. The maximum atomic E-state index is 11.1. The molecule has 0 bridgehead atoms. The lowest BCUT2D eigenvalue weighted by atomic mass is 10.1. The number of fused-ring (bicyclic) bond motifs is 1. The van der Waals surface area contributed by atoms with Crippen molar-refractivity contribution >= 4 is 15.7 Å². The van der Waals surface area contributed by atoms with Gasteiger partial charge in [-0.1, -0.05) is 13.0 Å². The first-order valence-electron chi connectivity index (χ1n) is 4.93. The zero-order chi connectivity index (χ0) is 11.1. The van der Waals surface area contributed by atoms with Crippen molar-refractivity contribution in [3.8, 4) is 0 Å². The predicted octanol–water partition coefficient (Wildman–Crippen LogP) is 1.08. The summed E-state index contributed by atoms with van der Waals surface area (Å²) in [6.07, 6.45) is 1.98. The quantitative estimate of drug-likeness (QED) is 0.792. The van der Waals surface area contributed by atoms with E-state index >= 15 is 0 Å². The van der Waals surface area contributed by atoms with Gasteiger partial charge in [-0.2, -0.15) is 0 Å². The summed E-state index contributed by atoms with van der Waals surface area (Å²) < 4.78 is 22.3. The lowest BCUT2D eigenvalue weighted by Crippen LogP contribution is -2.13. The van der Waals surface area contributed by atoms with Crippen molar-refractivity contribution in [1.82, 2.24) is 0 Å². The van der Waals surface area contributed by atoms with Crippen LogP contribution in [0.25, 0.3) is 0 Å². The second kappa shape index (κ2) is 3.50. The number of benzene rings is 1. The van der Waals surface area contributed by atoms with E-state index in [2.05, 4.69) is 12.2 Å². The highest BCUT2D eigenvalue weighted by molar-refractivity contribution is 7.89. The number of hydrogen-bond donors (Lipinski definition) is 2. The van der Waals surface area contributed by atoms with E-state index in [1.54, 1.807) is 12.1 Å². The molecular formula is C10H14N2O2S. The minimum absolute atomic E-state index is 0.172. The second-order valence-electron chi connectivity index (χ2n) is 3.82. The maximum Gasteiger partial charge on any atom is 0.238 e. The molecule has 15 heavy (non-hydrogen) atoms. The highest BCUT2D eigenvalue weighted by atomic mass is 32.2. The fraction of sp³-hybridized carbons (Fsp3) is 0.400. The largest absolute Gasteiger partial charge is 0.382 e. The number of rotatable bonds is 2. The number of sulfonamides is 1. The van der Waals surface area contributed by atoms with Gasteiger partial charge in [0.05, 0.1) is 4.90 Å². The van der Waals surface area contributed by atoms with E-state index in [4.69, 9.17) is 5.14 Å². The first-order valence-corrected chi connectivity index (χ1v) is 6.47. The molecular weight excluding hydrogens is 212 g/mol. The number of hydrogen-bond acceptors (Lipinski definition) is 3. The summed E-state index contributed by atoms with van der Waals surface area (Å²) in [5, 5.41) is 8.34. The molecule has 0 saturated heterocycles. The van der Waals surface area contributed by atoms with Crippen LogP contribution in [-0.4, -0.2) is 14.5 Å². The topological polar surface area (TPSA) is 72.2 Å². The average Bonchev–Trinajstić information content (AvgIpc) is 2.57. The summed E-state index contributed by atoms with van der Waals surface area (Å²) in [6.45, 7) is 2.10.